The van der Waals surface area contributed by atoms with Crippen LogP contribution in [0, 0.1) is 0 Å². The number of nitrogens with two attached hydrogens (primary N) is 1. The summed E-state index contributed by atoms with van der Waals surface area (Å²) in [4.78, 5) is 45.9. The molecule has 0 bridgehead atoms. The Hall–Kier alpha value is -3.88. The average molecular weight is 412 g/mol. The van der Waals surface area contributed by atoms with Crippen molar-refractivity contribution in [3.8, 4) is 5.75 Å². The van der Waals surface area contributed by atoms with Crippen LogP contribution >= 0.6 is 0 Å². The van der Waals surface area contributed by atoms with Crippen molar-refractivity contribution >= 4 is 23.8 Å². The number of aliphatic carboxylic acids is 1. The van der Waals surface area contributed by atoms with Crippen LogP contribution in [0.1, 0.15) is 34.0 Å². The maximum Gasteiger partial charge on any atom is 0.339 e. The third-order valence-electron chi connectivity index (χ3n) is 4.55. The second-order valence-corrected chi connectivity index (χ2v) is 6.74. The number of carboxylic acid groups (broad SMARTS) is 1. The monoisotopic (exact) mass is 412 g/mol. The van der Waals surface area contributed by atoms with Crippen molar-refractivity contribution in [2.24, 2.45) is 5.73 Å². The molecule has 0 aliphatic carbocycles. The van der Waals surface area contributed by atoms with Crippen LogP contribution in [-0.4, -0.2) is 41.5 Å². The fraction of sp³-hybridized carbons (Fsp3) is 0.238. The van der Waals surface area contributed by atoms with Gasteiger partial charge < -0.3 is 25.6 Å². The first-order valence-electron chi connectivity index (χ1n) is 9.15. The molecule has 1 heterocycles. The molecule has 3 rings (SSSR count). The molecule has 0 aromatic heterocycles. The minimum atomic E-state index is -1.41. The zero-order chi connectivity index (χ0) is 21.7. The predicted molar refractivity (Wildman–Crippen MR) is 104 cm³/mol. The zero-order valence-electron chi connectivity index (χ0n) is 15.9. The summed E-state index contributed by atoms with van der Waals surface area (Å²) in [5, 5.41) is 11.2. The first kappa shape index (κ1) is 20.8. The molecule has 0 radical (unpaired) electrons. The Morgan fingerprint density at radius 1 is 1.17 bits per heavy atom. The molecule has 2 atom stereocenters. The van der Waals surface area contributed by atoms with Crippen LogP contribution in [0.5, 0.6) is 5.75 Å². The number of fused-ring (bicyclic) bond motifs is 1. The highest BCUT2D eigenvalue weighted by atomic mass is 16.5. The van der Waals surface area contributed by atoms with Gasteiger partial charge in [-0.1, -0.05) is 30.3 Å². The summed E-state index contributed by atoms with van der Waals surface area (Å²) in [6.45, 7) is -0.437. The molecule has 0 fully saturated rings. The first-order chi connectivity index (χ1) is 14.3. The molecule has 0 saturated carbocycles. The van der Waals surface area contributed by atoms with Crippen molar-refractivity contribution in [3.05, 3.63) is 65.2 Å². The van der Waals surface area contributed by atoms with Crippen molar-refractivity contribution < 1.29 is 33.8 Å². The normalized spacial score (nSPS) is 16.0. The van der Waals surface area contributed by atoms with Gasteiger partial charge >= 0.3 is 11.9 Å². The number of cyclic esters (lactones) is 1. The molecule has 2 aromatic rings. The van der Waals surface area contributed by atoms with E-state index in [2.05, 4.69) is 5.32 Å². The third-order valence-corrected chi connectivity index (χ3v) is 4.55. The number of carbonyl (C=O) groups excluding carboxylic acids is 3. The maximum atomic E-state index is 12.2. The highest BCUT2D eigenvalue weighted by Gasteiger charge is 2.27. The Morgan fingerprint density at radius 2 is 1.87 bits per heavy atom. The second kappa shape index (κ2) is 9.08. The maximum absolute atomic E-state index is 12.2. The number of rotatable bonds is 8. The van der Waals surface area contributed by atoms with Gasteiger partial charge in [-0.05, 0) is 29.3 Å². The van der Waals surface area contributed by atoms with Gasteiger partial charge in [0.25, 0.3) is 5.91 Å². The number of nitrogens with one attached hydrogen (secondary N) is 1. The largest absolute Gasteiger partial charge is 0.484 e. The Balaban J connectivity index is 1.56. The molecular formula is C21H20N2O7. The molecule has 156 valence electrons. The molecule has 0 unspecified atom stereocenters. The Labute approximate surface area is 171 Å². The Morgan fingerprint density at radius 3 is 2.53 bits per heavy atom. The molecule has 9 heteroatoms. The Bertz CT molecular complexity index is 972. The van der Waals surface area contributed by atoms with Gasteiger partial charge in [0, 0.05) is 6.42 Å². The fourth-order valence-electron chi connectivity index (χ4n) is 3.08. The van der Waals surface area contributed by atoms with Crippen LogP contribution in [0.4, 0.5) is 0 Å². The lowest BCUT2D eigenvalue weighted by molar-refractivity contribution is -0.143. The van der Waals surface area contributed by atoms with Crippen molar-refractivity contribution in [1.82, 2.24) is 5.32 Å². The van der Waals surface area contributed by atoms with Gasteiger partial charge in [0.1, 0.15) is 17.9 Å². The second-order valence-electron chi connectivity index (χ2n) is 6.74. The van der Waals surface area contributed by atoms with Crippen LogP contribution in [0.15, 0.2) is 48.5 Å². The standard InChI is InChI=1S/C21H20N2O7/c22-18(24)10-16(20(26)27)23-19(25)11-29-14-7-5-12(6-8-14)17-9-13-3-1-2-4-15(13)21(28)30-17/h1-8,16-17H,9-11H2,(H2,22,24)(H,23,25)(H,26,27)/t16-,17+/m1/s1. The summed E-state index contributed by atoms with van der Waals surface area (Å²) in [6, 6.07) is 12.6. The van der Waals surface area contributed by atoms with Gasteiger partial charge in [-0.15, -0.1) is 0 Å². The number of ether oxygens (including phenoxy) is 2. The molecule has 30 heavy (non-hydrogen) atoms. The highest BCUT2D eigenvalue weighted by Crippen LogP contribution is 2.31. The quantitative estimate of drug-likeness (QED) is 0.548. The number of amides is 2. The lowest BCUT2D eigenvalue weighted by Gasteiger charge is -2.25. The molecule has 4 N–H and O–H groups in total. The minimum Gasteiger partial charge on any atom is -0.484 e. The molecule has 2 amide bonds. The Kier molecular flexibility index (Phi) is 6.31. The van der Waals surface area contributed by atoms with E-state index in [4.69, 9.17) is 20.3 Å². The highest BCUT2D eigenvalue weighted by molar-refractivity contribution is 5.92. The zero-order valence-corrected chi connectivity index (χ0v) is 15.9. The van der Waals surface area contributed by atoms with Crippen molar-refractivity contribution in [2.45, 2.75) is 25.0 Å². The van der Waals surface area contributed by atoms with Crippen LogP contribution < -0.4 is 15.8 Å². The average Bonchev–Trinajstić information content (AvgIpc) is 2.72. The molecule has 1 aliphatic heterocycles. The summed E-state index contributed by atoms with van der Waals surface area (Å²) >= 11 is 0. The summed E-state index contributed by atoms with van der Waals surface area (Å²) in [5.41, 5.74) is 7.23. The van der Waals surface area contributed by atoms with Gasteiger partial charge in [0.15, 0.2) is 6.61 Å². The van der Waals surface area contributed by atoms with Gasteiger partial charge in [-0.2, -0.15) is 0 Å². The van der Waals surface area contributed by atoms with Crippen LogP contribution in [0.25, 0.3) is 0 Å². The van der Waals surface area contributed by atoms with Gasteiger partial charge in [0.2, 0.25) is 5.91 Å². The van der Waals surface area contributed by atoms with Gasteiger partial charge in [-0.3, -0.25) is 9.59 Å². The van der Waals surface area contributed by atoms with Crippen molar-refractivity contribution in [2.75, 3.05) is 6.61 Å². The number of benzene rings is 2. The van der Waals surface area contributed by atoms with E-state index in [1.54, 1.807) is 36.4 Å². The SMILES string of the molecule is NC(=O)C[C@@H](NC(=O)COc1ccc([C@@H]2Cc3ccccc3C(=O)O2)cc1)C(=O)O. The van der Waals surface area contributed by atoms with E-state index in [1.165, 1.54) is 0 Å². The van der Waals surface area contributed by atoms with Gasteiger partial charge in [-0.25, -0.2) is 9.59 Å². The van der Waals surface area contributed by atoms with E-state index in [0.717, 1.165) is 11.1 Å². The lowest BCUT2D eigenvalue weighted by atomic mass is 9.95. The fourth-order valence-corrected chi connectivity index (χ4v) is 3.08. The van der Waals surface area contributed by atoms with E-state index in [0.29, 0.717) is 17.7 Å². The number of esters is 1. The first-order valence-corrected chi connectivity index (χ1v) is 9.15. The van der Waals surface area contributed by atoms with Gasteiger partial charge in [0.05, 0.1) is 12.0 Å². The molecule has 1 aliphatic rings. The topological polar surface area (TPSA) is 145 Å². The number of carbonyl (C=O) groups is 4. The van der Waals surface area contributed by atoms with Crippen LogP contribution in [0.2, 0.25) is 0 Å². The van der Waals surface area contributed by atoms with E-state index in [-0.39, 0.29) is 5.97 Å². The van der Waals surface area contributed by atoms with Crippen molar-refractivity contribution in [3.63, 3.8) is 0 Å². The van der Waals surface area contributed by atoms with Crippen LogP contribution in [-0.2, 0) is 25.5 Å². The molecule has 0 saturated heterocycles. The number of hydrogen-bond donors (Lipinski definition) is 3. The minimum absolute atomic E-state index is 0.372. The summed E-state index contributed by atoms with van der Waals surface area (Å²) < 4.78 is 10.8. The third kappa shape index (κ3) is 5.13. The molecular weight excluding hydrogens is 392 g/mol. The van der Waals surface area contributed by atoms with E-state index < -0.39 is 43.0 Å². The summed E-state index contributed by atoms with van der Waals surface area (Å²) in [7, 11) is 0. The smallest absolute Gasteiger partial charge is 0.339 e. The number of hydrogen-bond acceptors (Lipinski definition) is 6. The van der Waals surface area contributed by atoms with Crippen LogP contribution in [0.3, 0.4) is 0 Å². The number of carboxylic acids is 1. The summed E-state index contributed by atoms with van der Waals surface area (Å²) in [5.74, 6) is -2.91. The van der Waals surface area contributed by atoms with E-state index in [9.17, 15) is 19.2 Å². The van der Waals surface area contributed by atoms with E-state index in [1.807, 2.05) is 12.1 Å². The van der Waals surface area contributed by atoms with Crippen molar-refractivity contribution in [1.29, 1.82) is 0 Å². The summed E-state index contributed by atoms with van der Waals surface area (Å²) in [6.07, 6.45) is -0.380. The molecule has 2 aromatic carbocycles. The molecule has 0 spiro atoms. The number of primary amides is 1. The lowest BCUT2D eigenvalue weighted by Crippen LogP contribution is -2.45. The molecule has 9 nitrogen and oxygen atoms in total. The van der Waals surface area contributed by atoms with E-state index >= 15 is 0 Å². The predicted octanol–water partition coefficient (Wildman–Crippen LogP) is 0.964.